The van der Waals surface area contributed by atoms with Gasteiger partial charge in [-0.15, -0.1) is 0 Å². The normalized spacial score (nSPS) is 8.55. The summed E-state index contributed by atoms with van der Waals surface area (Å²) in [5, 5.41) is 0. The van der Waals surface area contributed by atoms with Gasteiger partial charge in [-0.2, -0.15) is 0 Å². The van der Waals surface area contributed by atoms with Crippen molar-refractivity contribution in [2.75, 3.05) is 7.05 Å². The quantitative estimate of drug-likeness (QED) is 0.562. The van der Waals surface area contributed by atoms with E-state index in [-0.39, 0.29) is 5.91 Å². The molecule has 0 aromatic rings. The van der Waals surface area contributed by atoms with Crippen molar-refractivity contribution < 1.29 is 4.79 Å². The summed E-state index contributed by atoms with van der Waals surface area (Å²) in [6.45, 7) is 12.3. The molecule has 0 N–H and O–H groups in total. The van der Waals surface area contributed by atoms with Crippen LogP contribution in [-0.2, 0) is 4.79 Å². The Morgan fingerprint density at radius 2 is 1.91 bits per heavy atom. The van der Waals surface area contributed by atoms with Crippen LogP contribution in [0.25, 0.3) is 0 Å². The van der Waals surface area contributed by atoms with Crippen molar-refractivity contribution in [1.82, 2.24) is 4.90 Å². The second kappa shape index (κ2) is 3.76. The highest BCUT2D eigenvalue weighted by atomic mass is 16.2. The molecule has 0 atom stereocenters. The third-order valence-corrected chi connectivity index (χ3v) is 1.49. The number of likely N-dealkylation sites (N-methyl/N-ethyl adjacent to an activating group) is 1. The topological polar surface area (TPSA) is 20.3 Å². The van der Waals surface area contributed by atoms with E-state index < -0.39 is 0 Å². The zero-order valence-electron chi connectivity index (χ0n) is 7.05. The van der Waals surface area contributed by atoms with Gasteiger partial charge in [0.15, 0.2) is 0 Å². The van der Waals surface area contributed by atoms with Crippen LogP contribution in [0.3, 0.4) is 0 Å². The first kappa shape index (κ1) is 9.69. The Kier molecular flexibility index (Phi) is 3.31. The fraction of sp³-hybridized carbons (Fsp3) is 0.222. The number of nitrogens with zero attached hydrogens (tertiary/aromatic N) is 1. The van der Waals surface area contributed by atoms with Gasteiger partial charge < -0.3 is 4.90 Å². The zero-order valence-corrected chi connectivity index (χ0v) is 7.05. The fourth-order valence-electron chi connectivity index (χ4n) is 0.523. The van der Waals surface area contributed by atoms with E-state index in [0.29, 0.717) is 11.3 Å². The highest BCUT2D eigenvalue weighted by Gasteiger charge is 2.06. The van der Waals surface area contributed by atoms with Crippen LogP contribution in [0.15, 0.2) is 37.1 Å². The molecule has 0 saturated heterocycles. The third-order valence-electron chi connectivity index (χ3n) is 1.49. The molecule has 0 aliphatic rings. The van der Waals surface area contributed by atoms with Crippen LogP contribution in [0, 0.1) is 0 Å². The lowest BCUT2D eigenvalue weighted by Gasteiger charge is -2.17. The molecule has 1 amide bonds. The van der Waals surface area contributed by atoms with Crippen LogP contribution in [-0.4, -0.2) is 17.9 Å². The van der Waals surface area contributed by atoms with Crippen molar-refractivity contribution in [3.8, 4) is 0 Å². The summed E-state index contributed by atoms with van der Waals surface area (Å²) in [6, 6.07) is 0. The predicted molar refractivity (Wildman–Crippen MR) is 46.9 cm³/mol. The van der Waals surface area contributed by atoms with E-state index in [1.54, 1.807) is 13.1 Å². The predicted octanol–water partition coefficient (Wildman–Crippen LogP) is 1.72. The molecule has 0 aromatic carbocycles. The molecule has 0 radical (unpaired) electrons. The SMILES string of the molecule is C=CC(=C)C(=C)N(C)C(C)=O. The van der Waals surface area contributed by atoms with Crippen LogP contribution >= 0.6 is 0 Å². The summed E-state index contributed by atoms with van der Waals surface area (Å²) < 4.78 is 0. The molecule has 0 aliphatic heterocycles. The average molecular weight is 151 g/mol. The minimum Gasteiger partial charge on any atom is -0.316 e. The smallest absolute Gasteiger partial charge is 0.223 e. The second-order valence-electron chi connectivity index (χ2n) is 2.25. The van der Waals surface area contributed by atoms with Gasteiger partial charge in [-0.05, 0) is 5.57 Å². The molecule has 2 nitrogen and oxygen atoms in total. The first-order chi connectivity index (χ1) is 5.00. The summed E-state index contributed by atoms with van der Waals surface area (Å²) in [7, 11) is 1.65. The highest BCUT2D eigenvalue weighted by Crippen LogP contribution is 2.09. The lowest BCUT2D eigenvalue weighted by molar-refractivity contribution is -0.125. The van der Waals surface area contributed by atoms with Crippen molar-refractivity contribution in [1.29, 1.82) is 0 Å². The summed E-state index contributed by atoms with van der Waals surface area (Å²) in [4.78, 5) is 12.2. The molecule has 0 rings (SSSR count). The number of carbonyl (C=O) groups is 1. The lowest BCUT2D eigenvalue weighted by atomic mass is 10.2. The lowest BCUT2D eigenvalue weighted by Crippen LogP contribution is -2.22. The zero-order chi connectivity index (χ0) is 9.02. The number of carbonyl (C=O) groups excluding carboxylic acids is 1. The minimum atomic E-state index is -0.0574. The van der Waals surface area contributed by atoms with Crippen molar-refractivity contribution >= 4 is 5.91 Å². The Hall–Kier alpha value is -1.31. The van der Waals surface area contributed by atoms with E-state index in [9.17, 15) is 4.79 Å². The number of hydrogen-bond acceptors (Lipinski definition) is 1. The maximum absolute atomic E-state index is 10.8. The largest absolute Gasteiger partial charge is 0.316 e. The van der Waals surface area contributed by atoms with E-state index >= 15 is 0 Å². The van der Waals surface area contributed by atoms with Gasteiger partial charge in [0.2, 0.25) is 5.91 Å². The first-order valence-corrected chi connectivity index (χ1v) is 3.25. The van der Waals surface area contributed by atoms with Gasteiger partial charge in [-0.1, -0.05) is 25.8 Å². The Labute approximate surface area is 67.5 Å². The van der Waals surface area contributed by atoms with Gasteiger partial charge in [0.1, 0.15) is 0 Å². The molecule has 0 fully saturated rings. The van der Waals surface area contributed by atoms with E-state index in [4.69, 9.17) is 0 Å². The highest BCUT2D eigenvalue weighted by molar-refractivity contribution is 5.76. The molecule has 2 heteroatoms. The summed E-state index contributed by atoms with van der Waals surface area (Å²) >= 11 is 0. The molecule has 0 heterocycles. The van der Waals surface area contributed by atoms with E-state index in [1.165, 1.54) is 11.8 Å². The van der Waals surface area contributed by atoms with Crippen molar-refractivity contribution in [2.45, 2.75) is 6.92 Å². The number of amides is 1. The van der Waals surface area contributed by atoms with Gasteiger partial charge in [-0.3, -0.25) is 4.79 Å². The second-order valence-corrected chi connectivity index (χ2v) is 2.25. The molecular formula is C9H13NO. The Balaban J connectivity index is 4.37. The van der Waals surface area contributed by atoms with Crippen LogP contribution in [0.4, 0.5) is 0 Å². The van der Waals surface area contributed by atoms with Crippen LogP contribution in [0.2, 0.25) is 0 Å². The van der Waals surface area contributed by atoms with Crippen molar-refractivity contribution in [2.24, 2.45) is 0 Å². The van der Waals surface area contributed by atoms with Gasteiger partial charge in [0.05, 0.1) is 0 Å². The van der Waals surface area contributed by atoms with Crippen molar-refractivity contribution in [3.05, 3.63) is 37.1 Å². The monoisotopic (exact) mass is 151 g/mol. The molecule has 11 heavy (non-hydrogen) atoms. The van der Waals surface area contributed by atoms with Crippen LogP contribution in [0.1, 0.15) is 6.92 Å². The molecular weight excluding hydrogens is 138 g/mol. The van der Waals surface area contributed by atoms with E-state index in [1.807, 2.05) is 0 Å². The molecule has 0 aromatic heterocycles. The average Bonchev–Trinajstić information content (AvgIpc) is 2.00. The standard InChI is InChI=1S/C9H13NO/c1-6-7(2)8(3)10(5)9(4)11/h6H,1-3H2,4-5H3. The first-order valence-electron chi connectivity index (χ1n) is 3.25. The Bertz CT molecular complexity index is 216. The molecule has 0 bridgehead atoms. The maximum atomic E-state index is 10.8. The maximum Gasteiger partial charge on any atom is 0.223 e. The summed E-state index contributed by atoms with van der Waals surface area (Å²) in [5.41, 5.74) is 1.26. The Morgan fingerprint density at radius 1 is 1.45 bits per heavy atom. The van der Waals surface area contributed by atoms with E-state index in [2.05, 4.69) is 19.7 Å². The third kappa shape index (κ3) is 2.42. The molecule has 0 saturated carbocycles. The van der Waals surface area contributed by atoms with Gasteiger partial charge in [-0.25, -0.2) is 0 Å². The van der Waals surface area contributed by atoms with Gasteiger partial charge in [0, 0.05) is 19.7 Å². The van der Waals surface area contributed by atoms with Crippen LogP contribution in [0.5, 0.6) is 0 Å². The Morgan fingerprint density at radius 3 is 2.18 bits per heavy atom. The van der Waals surface area contributed by atoms with Crippen molar-refractivity contribution in [3.63, 3.8) is 0 Å². The molecule has 0 spiro atoms. The van der Waals surface area contributed by atoms with Gasteiger partial charge in [0.25, 0.3) is 0 Å². The fourth-order valence-corrected chi connectivity index (χ4v) is 0.523. The molecule has 60 valence electrons. The summed E-state index contributed by atoms with van der Waals surface area (Å²) in [5.74, 6) is -0.0574. The number of hydrogen-bond donors (Lipinski definition) is 0. The molecule has 0 aliphatic carbocycles. The van der Waals surface area contributed by atoms with E-state index in [0.717, 1.165) is 0 Å². The van der Waals surface area contributed by atoms with Gasteiger partial charge >= 0.3 is 0 Å². The molecule has 0 unspecified atom stereocenters. The summed E-state index contributed by atoms with van der Waals surface area (Å²) in [6.07, 6.45) is 1.57. The van der Waals surface area contributed by atoms with Crippen LogP contribution < -0.4 is 0 Å². The number of rotatable bonds is 3. The number of allylic oxidation sites excluding steroid dienone is 1. The minimum absolute atomic E-state index is 0.0574.